The number of thioether (sulfide) groups is 1. The lowest BCUT2D eigenvalue weighted by molar-refractivity contribution is 0.407. The van der Waals surface area contributed by atoms with E-state index in [9.17, 15) is 0 Å². The highest BCUT2D eigenvalue weighted by atomic mass is 127. The van der Waals surface area contributed by atoms with Crippen LogP contribution in [0.4, 0.5) is 0 Å². The molecule has 3 nitrogen and oxygen atoms in total. The number of rotatable bonds is 5. The Bertz CT molecular complexity index is 282. The molecule has 0 spiro atoms. The molecule has 1 saturated heterocycles. The van der Waals surface area contributed by atoms with E-state index in [1.807, 2.05) is 7.05 Å². The van der Waals surface area contributed by atoms with Gasteiger partial charge in [0.2, 0.25) is 0 Å². The zero-order chi connectivity index (χ0) is 12.8. The van der Waals surface area contributed by atoms with Crippen molar-refractivity contribution in [2.75, 3.05) is 32.4 Å². The van der Waals surface area contributed by atoms with Crippen LogP contribution in [-0.4, -0.2) is 48.5 Å². The Balaban J connectivity index is 0.00000180. The van der Waals surface area contributed by atoms with Gasteiger partial charge in [-0.05, 0) is 25.2 Å². The van der Waals surface area contributed by atoms with E-state index in [1.54, 1.807) is 0 Å². The van der Waals surface area contributed by atoms with Crippen molar-refractivity contribution in [2.45, 2.75) is 44.3 Å². The summed E-state index contributed by atoms with van der Waals surface area (Å²) >= 11 is 2.11. The molecule has 112 valence electrons. The van der Waals surface area contributed by atoms with Crippen LogP contribution in [-0.2, 0) is 0 Å². The van der Waals surface area contributed by atoms with E-state index in [1.165, 1.54) is 37.9 Å². The molecular formula is C14H28IN3S. The third kappa shape index (κ3) is 6.10. The van der Waals surface area contributed by atoms with Crippen molar-refractivity contribution in [3.05, 3.63) is 0 Å². The van der Waals surface area contributed by atoms with Gasteiger partial charge in [-0.1, -0.05) is 19.8 Å². The summed E-state index contributed by atoms with van der Waals surface area (Å²) in [6, 6.07) is 0. The summed E-state index contributed by atoms with van der Waals surface area (Å²) in [5.74, 6) is 3.40. The van der Waals surface area contributed by atoms with Crippen LogP contribution in [0.25, 0.3) is 0 Å². The summed E-state index contributed by atoms with van der Waals surface area (Å²) in [6.45, 7) is 5.67. The third-order valence-corrected chi connectivity index (χ3v) is 5.25. The molecular weight excluding hydrogens is 369 g/mol. The second kappa shape index (κ2) is 9.32. The third-order valence-electron chi connectivity index (χ3n) is 3.87. The van der Waals surface area contributed by atoms with Crippen molar-refractivity contribution in [3.63, 3.8) is 0 Å². The maximum absolute atomic E-state index is 4.43. The van der Waals surface area contributed by atoms with E-state index in [0.717, 1.165) is 36.8 Å². The molecule has 2 fully saturated rings. The summed E-state index contributed by atoms with van der Waals surface area (Å²) in [4.78, 5) is 6.87. The molecule has 1 saturated carbocycles. The van der Waals surface area contributed by atoms with E-state index in [-0.39, 0.29) is 24.0 Å². The Kier molecular flexibility index (Phi) is 8.53. The minimum absolute atomic E-state index is 0. The first-order valence-electron chi connectivity index (χ1n) is 7.40. The Hall–Kier alpha value is 0.350. The van der Waals surface area contributed by atoms with E-state index in [2.05, 4.69) is 33.9 Å². The van der Waals surface area contributed by atoms with Crippen molar-refractivity contribution in [1.29, 1.82) is 0 Å². The van der Waals surface area contributed by atoms with Crippen LogP contribution in [0.2, 0.25) is 0 Å². The largest absolute Gasteiger partial charge is 0.356 e. The predicted molar refractivity (Wildman–Crippen MR) is 96.8 cm³/mol. The highest BCUT2D eigenvalue weighted by Crippen LogP contribution is 2.33. The first-order chi connectivity index (χ1) is 8.83. The number of hydrogen-bond acceptors (Lipinski definition) is 2. The van der Waals surface area contributed by atoms with Gasteiger partial charge in [0.25, 0.3) is 0 Å². The minimum Gasteiger partial charge on any atom is -0.356 e. The zero-order valence-electron chi connectivity index (χ0n) is 12.2. The SMILES string of the molecule is CCC1CN(C(=NC)NCCCC2CC2)CCS1.I. The van der Waals surface area contributed by atoms with Gasteiger partial charge in [-0.3, -0.25) is 4.99 Å². The van der Waals surface area contributed by atoms with Crippen LogP contribution in [0.3, 0.4) is 0 Å². The molecule has 0 bridgehead atoms. The smallest absolute Gasteiger partial charge is 0.193 e. The molecule has 19 heavy (non-hydrogen) atoms. The Morgan fingerprint density at radius 1 is 1.42 bits per heavy atom. The summed E-state index contributed by atoms with van der Waals surface area (Å²) in [6.07, 6.45) is 6.90. The maximum atomic E-state index is 4.43. The van der Waals surface area contributed by atoms with E-state index in [0.29, 0.717) is 0 Å². The number of hydrogen-bond donors (Lipinski definition) is 1. The van der Waals surface area contributed by atoms with Gasteiger partial charge in [0, 0.05) is 37.7 Å². The van der Waals surface area contributed by atoms with E-state index in [4.69, 9.17) is 0 Å². The molecule has 0 aromatic heterocycles. The summed E-state index contributed by atoms with van der Waals surface area (Å²) in [5.41, 5.74) is 0. The highest BCUT2D eigenvalue weighted by molar-refractivity contribution is 14.0. The van der Waals surface area contributed by atoms with Crippen LogP contribution < -0.4 is 5.32 Å². The second-order valence-corrected chi connectivity index (χ2v) is 6.81. The Labute approximate surface area is 139 Å². The molecule has 2 aliphatic rings. The van der Waals surface area contributed by atoms with Gasteiger partial charge in [-0.15, -0.1) is 24.0 Å². The number of halogens is 1. The molecule has 1 aliphatic carbocycles. The minimum atomic E-state index is 0. The average molecular weight is 397 g/mol. The lowest BCUT2D eigenvalue weighted by atomic mass is 10.2. The van der Waals surface area contributed by atoms with Crippen molar-refractivity contribution in [2.24, 2.45) is 10.9 Å². The molecule has 1 unspecified atom stereocenters. The van der Waals surface area contributed by atoms with Gasteiger partial charge < -0.3 is 10.2 Å². The first kappa shape index (κ1) is 17.4. The number of nitrogens with one attached hydrogen (secondary N) is 1. The molecule has 1 heterocycles. The average Bonchev–Trinajstić information content (AvgIpc) is 3.23. The second-order valence-electron chi connectivity index (χ2n) is 5.41. The molecule has 1 atom stereocenters. The van der Waals surface area contributed by atoms with Gasteiger partial charge in [0.1, 0.15) is 0 Å². The molecule has 2 rings (SSSR count). The molecule has 5 heteroatoms. The first-order valence-corrected chi connectivity index (χ1v) is 8.45. The molecule has 0 radical (unpaired) electrons. The monoisotopic (exact) mass is 397 g/mol. The van der Waals surface area contributed by atoms with Crippen molar-refractivity contribution >= 4 is 41.7 Å². The van der Waals surface area contributed by atoms with Gasteiger partial charge >= 0.3 is 0 Å². The van der Waals surface area contributed by atoms with Gasteiger partial charge in [-0.2, -0.15) is 11.8 Å². The summed E-state index contributed by atoms with van der Waals surface area (Å²) in [5, 5.41) is 4.31. The fourth-order valence-corrected chi connectivity index (χ4v) is 3.67. The van der Waals surface area contributed by atoms with Crippen LogP contribution in [0.5, 0.6) is 0 Å². The van der Waals surface area contributed by atoms with Crippen LogP contribution in [0.15, 0.2) is 4.99 Å². The lowest BCUT2D eigenvalue weighted by Gasteiger charge is -2.34. The lowest BCUT2D eigenvalue weighted by Crippen LogP contribution is -2.48. The topological polar surface area (TPSA) is 27.6 Å². The quantitative estimate of drug-likeness (QED) is 0.334. The van der Waals surface area contributed by atoms with Crippen molar-refractivity contribution < 1.29 is 0 Å². The number of nitrogens with zero attached hydrogens (tertiary/aromatic N) is 2. The van der Waals surface area contributed by atoms with Crippen LogP contribution in [0, 0.1) is 5.92 Å². The van der Waals surface area contributed by atoms with Gasteiger partial charge in [0.05, 0.1) is 0 Å². The molecule has 0 amide bonds. The fourth-order valence-electron chi connectivity index (χ4n) is 2.49. The standard InChI is InChI=1S/C14H27N3S.HI/c1-3-13-11-17(9-10-18-13)14(15-2)16-8-4-5-12-6-7-12;/h12-13H,3-11H2,1-2H3,(H,15,16);1H. The molecule has 0 aromatic carbocycles. The van der Waals surface area contributed by atoms with Gasteiger partial charge in [-0.25, -0.2) is 0 Å². The fraction of sp³-hybridized carbons (Fsp3) is 0.929. The molecule has 0 aromatic rings. The zero-order valence-corrected chi connectivity index (χ0v) is 15.4. The number of aliphatic imine (C=N–C) groups is 1. The highest BCUT2D eigenvalue weighted by Gasteiger charge is 2.22. The van der Waals surface area contributed by atoms with Gasteiger partial charge in [0.15, 0.2) is 5.96 Å². The van der Waals surface area contributed by atoms with E-state index >= 15 is 0 Å². The number of guanidine groups is 1. The Morgan fingerprint density at radius 3 is 2.84 bits per heavy atom. The molecule has 1 aliphatic heterocycles. The van der Waals surface area contributed by atoms with Crippen molar-refractivity contribution in [1.82, 2.24) is 10.2 Å². The summed E-state index contributed by atoms with van der Waals surface area (Å²) < 4.78 is 0. The normalized spacial score (nSPS) is 24.0. The maximum Gasteiger partial charge on any atom is 0.193 e. The summed E-state index contributed by atoms with van der Waals surface area (Å²) in [7, 11) is 1.91. The van der Waals surface area contributed by atoms with Crippen molar-refractivity contribution in [3.8, 4) is 0 Å². The van der Waals surface area contributed by atoms with Crippen LogP contribution >= 0.6 is 35.7 Å². The van der Waals surface area contributed by atoms with Crippen LogP contribution in [0.1, 0.15) is 39.0 Å². The van der Waals surface area contributed by atoms with E-state index < -0.39 is 0 Å². The predicted octanol–water partition coefficient (Wildman–Crippen LogP) is 3.20. The Morgan fingerprint density at radius 2 is 2.21 bits per heavy atom. The molecule has 1 N–H and O–H groups in total.